The van der Waals surface area contributed by atoms with Crippen molar-refractivity contribution in [2.75, 3.05) is 58.2 Å². The van der Waals surface area contributed by atoms with E-state index in [-0.39, 0.29) is 33.2 Å². The lowest BCUT2D eigenvalue weighted by Crippen LogP contribution is -2.44. The van der Waals surface area contributed by atoms with Gasteiger partial charge < -0.3 is 33.9 Å². The number of phenolic OH excluding ortho intramolecular Hbond substituents is 2. The first kappa shape index (κ1) is 40.6. The SMILES string of the molecule is CC(C)(c1ccc(O)cc1)c1ccc(O)cc1.CC1(CBr)COC1.CC1(COc2ccc(C(C)(C)c3ccc(OCC4(C)COC4)cc3)cc2)COC1. The molecule has 3 aliphatic heterocycles. The molecule has 53 heavy (non-hydrogen) atoms. The monoisotopic (exact) mass is 788 g/mol. The van der Waals surface area contributed by atoms with E-state index in [1.807, 2.05) is 24.3 Å². The highest BCUT2D eigenvalue weighted by atomic mass is 79.9. The minimum absolute atomic E-state index is 0.0986. The fraction of sp³-hybridized carbons (Fsp3) is 0.467. The van der Waals surface area contributed by atoms with Gasteiger partial charge in [0, 0.05) is 32.4 Å². The van der Waals surface area contributed by atoms with E-state index in [1.165, 1.54) is 11.1 Å². The molecular weight excluding hydrogens is 732 g/mol. The molecule has 0 spiro atoms. The number of rotatable bonds is 11. The second-order valence-corrected chi connectivity index (χ2v) is 17.6. The molecule has 0 radical (unpaired) electrons. The van der Waals surface area contributed by atoms with Crippen LogP contribution in [0.25, 0.3) is 0 Å². The highest BCUT2D eigenvalue weighted by molar-refractivity contribution is 9.09. The fourth-order valence-corrected chi connectivity index (χ4v) is 6.46. The fourth-order valence-electron chi connectivity index (χ4n) is 6.14. The Morgan fingerprint density at radius 3 is 0.962 bits per heavy atom. The number of benzene rings is 4. The first-order chi connectivity index (χ1) is 25.0. The predicted octanol–water partition coefficient (Wildman–Crippen LogP) is 9.68. The smallest absolute Gasteiger partial charge is 0.119 e. The highest BCUT2D eigenvalue weighted by Gasteiger charge is 2.35. The van der Waals surface area contributed by atoms with E-state index >= 15 is 0 Å². The van der Waals surface area contributed by atoms with Crippen molar-refractivity contribution in [3.63, 3.8) is 0 Å². The van der Waals surface area contributed by atoms with Crippen LogP contribution in [0.1, 0.15) is 70.7 Å². The first-order valence-corrected chi connectivity index (χ1v) is 19.5. The van der Waals surface area contributed by atoms with Gasteiger partial charge in [-0.3, -0.25) is 0 Å². The van der Waals surface area contributed by atoms with Crippen molar-refractivity contribution in [2.24, 2.45) is 16.2 Å². The van der Waals surface area contributed by atoms with Crippen LogP contribution in [-0.4, -0.2) is 68.4 Å². The Hall–Kier alpha value is -3.56. The molecule has 0 aromatic heterocycles. The van der Waals surface area contributed by atoms with Crippen molar-refractivity contribution >= 4 is 15.9 Å². The zero-order chi connectivity index (χ0) is 38.3. The first-order valence-electron chi connectivity index (χ1n) is 18.4. The van der Waals surface area contributed by atoms with Crippen LogP contribution < -0.4 is 9.47 Å². The number of alkyl halides is 1. The van der Waals surface area contributed by atoms with Gasteiger partial charge in [0.25, 0.3) is 0 Å². The van der Waals surface area contributed by atoms with Crippen LogP contribution in [0.3, 0.4) is 0 Å². The lowest BCUT2D eigenvalue weighted by atomic mass is 9.78. The van der Waals surface area contributed by atoms with Crippen molar-refractivity contribution < 1.29 is 33.9 Å². The maximum Gasteiger partial charge on any atom is 0.119 e. The molecule has 0 bridgehead atoms. The van der Waals surface area contributed by atoms with Gasteiger partial charge in [-0.2, -0.15) is 0 Å². The third-order valence-corrected chi connectivity index (χ3v) is 11.9. The number of ether oxygens (including phenoxy) is 5. The summed E-state index contributed by atoms with van der Waals surface area (Å²) in [6.45, 7) is 21.7. The summed E-state index contributed by atoms with van der Waals surface area (Å²) in [6, 6.07) is 31.4. The van der Waals surface area contributed by atoms with Gasteiger partial charge in [0.15, 0.2) is 0 Å². The highest BCUT2D eigenvalue weighted by Crippen LogP contribution is 2.36. The van der Waals surface area contributed by atoms with E-state index in [2.05, 4.69) is 113 Å². The zero-order valence-electron chi connectivity index (χ0n) is 32.4. The Morgan fingerprint density at radius 1 is 0.491 bits per heavy atom. The van der Waals surface area contributed by atoms with Crippen LogP contribution >= 0.6 is 15.9 Å². The van der Waals surface area contributed by atoms with Crippen LogP contribution in [0.4, 0.5) is 0 Å². The number of aromatic hydroxyl groups is 2. The third-order valence-electron chi connectivity index (χ3n) is 10.5. The van der Waals surface area contributed by atoms with Gasteiger partial charge in [-0.15, -0.1) is 0 Å². The zero-order valence-corrected chi connectivity index (χ0v) is 34.0. The average molecular weight is 790 g/mol. The molecule has 286 valence electrons. The maximum atomic E-state index is 9.30. The van der Waals surface area contributed by atoms with Crippen LogP contribution in [0.5, 0.6) is 23.0 Å². The number of phenols is 2. The molecule has 0 saturated carbocycles. The van der Waals surface area contributed by atoms with Crippen molar-refractivity contribution in [2.45, 2.75) is 59.3 Å². The van der Waals surface area contributed by atoms with E-state index in [4.69, 9.17) is 23.7 Å². The largest absolute Gasteiger partial charge is 0.508 e. The topological polar surface area (TPSA) is 86.6 Å². The molecule has 4 aromatic rings. The van der Waals surface area contributed by atoms with Gasteiger partial charge in [-0.1, -0.05) is 113 Å². The van der Waals surface area contributed by atoms with E-state index in [9.17, 15) is 10.2 Å². The summed E-state index contributed by atoms with van der Waals surface area (Å²) in [5.41, 5.74) is 5.30. The van der Waals surface area contributed by atoms with E-state index < -0.39 is 0 Å². The molecular formula is C45H57BrO7. The van der Waals surface area contributed by atoms with E-state index in [0.29, 0.717) is 18.6 Å². The lowest BCUT2D eigenvalue weighted by Gasteiger charge is -2.37. The summed E-state index contributed by atoms with van der Waals surface area (Å²) in [4.78, 5) is 0. The molecule has 0 unspecified atom stereocenters. The van der Waals surface area contributed by atoms with Gasteiger partial charge in [-0.25, -0.2) is 0 Å². The summed E-state index contributed by atoms with van der Waals surface area (Å²) in [5.74, 6) is 2.37. The minimum Gasteiger partial charge on any atom is -0.508 e. The summed E-state index contributed by atoms with van der Waals surface area (Å²) in [7, 11) is 0. The van der Waals surface area contributed by atoms with E-state index in [1.54, 1.807) is 24.3 Å². The van der Waals surface area contributed by atoms with Gasteiger partial charge in [0.2, 0.25) is 0 Å². The van der Waals surface area contributed by atoms with Gasteiger partial charge in [0.1, 0.15) is 23.0 Å². The molecule has 0 aliphatic carbocycles. The van der Waals surface area contributed by atoms with Crippen LogP contribution in [0.15, 0.2) is 97.1 Å². The molecule has 7 rings (SSSR count). The second-order valence-electron chi connectivity index (χ2n) is 17.0. The van der Waals surface area contributed by atoms with Crippen molar-refractivity contribution in [3.8, 4) is 23.0 Å². The van der Waals surface area contributed by atoms with Crippen molar-refractivity contribution in [1.29, 1.82) is 0 Å². The normalized spacial score (nSPS) is 18.0. The molecule has 3 aliphatic rings. The Kier molecular flexibility index (Phi) is 12.9. The van der Waals surface area contributed by atoms with E-state index in [0.717, 1.165) is 67.6 Å². The maximum absolute atomic E-state index is 9.30. The molecule has 4 aromatic carbocycles. The summed E-state index contributed by atoms with van der Waals surface area (Å²) < 4.78 is 27.5. The Morgan fingerprint density at radius 2 is 0.755 bits per heavy atom. The molecule has 3 saturated heterocycles. The molecule has 0 amide bonds. The van der Waals surface area contributed by atoms with Crippen LogP contribution in [0, 0.1) is 16.2 Å². The summed E-state index contributed by atoms with van der Waals surface area (Å²) in [5, 5.41) is 19.7. The lowest BCUT2D eigenvalue weighted by molar-refractivity contribution is -0.120. The number of hydrogen-bond acceptors (Lipinski definition) is 7. The third kappa shape index (κ3) is 10.6. The molecule has 8 heteroatoms. The Bertz CT molecular complexity index is 1600. The molecule has 7 nitrogen and oxygen atoms in total. The standard InChI is InChI=1S/C25H32O4.C15H16O2.C5H9BrO/c1-23(2,19-5-9-21(10-6-19)28-17-24(3)13-26-14-24)20-7-11-22(12-8-20)29-18-25(4)15-27-16-25;1-15(2,11-3-7-13(16)8-4-11)12-5-9-14(17)10-6-12;1-5(2-6)3-7-4-5/h5-12H,13-18H2,1-4H3;3-10,16-17H,1-2H3;2-4H2,1H3. The Balaban J connectivity index is 0.000000189. The van der Waals surface area contributed by atoms with Crippen LogP contribution in [-0.2, 0) is 25.0 Å². The number of halogens is 1. The second kappa shape index (κ2) is 16.8. The average Bonchev–Trinajstić information content (AvgIpc) is 3.12. The Labute approximate surface area is 324 Å². The quantitative estimate of drug-likeness (QED) is 0.147. The minimum atomic E-state index is -0.151. The summed E-state index contributed by atoms with van der Waals surface area (Å²) >= 11 is 3.40. The van der Waals surface area contributed by atoms with Gasteiger partial charge in [-0.05, 0) is 70.8 Å². The van der Waals surface area contributed by atoms with Crippen molar-refractivity contribution in [1.82, 2.24) is 0 Å². The van der Waals surface area contributed by atoms with Crippen LogP contribution in [0.2, 0.25) is 0 Å². The molecule has 0 atom stereocenters. The number of hydrogen-bond donors (Lipinski definition) is 2. The molecule has 3 heterocycles. The van der Waals surface area contributed by atoms with Crippen molar-refractivity contribution in [3.05, 3.63) is 119 Å². The van der Waals surface area contributed by atoms with Gasteiger partial charge in [0.05, 0.1) is 52.9 Å². The molecule has 3 fully saturated rings. The van der Waals surface area contributed by atoms with Gasteiger partial charge >= 0.3 is 0 Å². The summed E-state index contributed by atoms with van der Waals surface area (Å²) in [6.07, 6.45) is 0. The molecule has 2 N–H and O–H groups in total. The predicted molar refractivity (Wildman–Crippen MR) is 215 cm³/mol.